The van der Waals surface area contributed by atoms with Gasteiger partial charge in [0.2, 0.25) is 11.8 Å². The molecule has 0 bridgehead atoms. The first-order chi connectivity index (χ1) is 8.49. The Morgan fingerprint density at radius 3 is 2.67 bits per heavy atom. The summed E-state index contributed by atoms with van der Waals surface area (Å²) >= 11 is 0. The van der Waals surface area contributed by atoms with E-state index in [2.05, 4.69) is 0 Å². The molecule has 0 radical (unpaired) electrons. The molecular formula is C12H12N2O4. The fourth-order valence-electron chi connectivity index (χ4n) is 1.95. The maximum atomic E-state index is 11.7. The van der Waals surface area contributed by atoms with E-state index in [4.69, 9.17) is 10.8 Å². The minimum Gasteiger partial charge on any atom is -0.481 e. The predicted molar refractivity (Wildman–Crippen MR) is 63.1 cm³/mol. The number of carboxylic acids is 1. The summed E-state index contributed by atoms with van der Waals surface area (Å²) in [6, 6.07) is 6.29. The highest BCUT2D eigenvalue weighted by Crippen LogP contribution is 2.25. The van der Waals surface area contributed by atoms with Gasteiger partial charge in [-0.15, -0.1) is 0 Å². The third-order valence-electron chi connectivity index (χ3n) is 2.92. The van der Waals surface area contributed by atoms with E-state index in [9.17, 15) is 14.4 Å². The lowest BCUT2D eigenvalue weighted by atomic mass is 10.1. The lowest BCUT2D eigenvalue weighted by Crippen LogP contribution is -2.26. The highest BCUT2D eigenvalue weighted by atomic mass is 16.4. The van der Waals surface area contributed by atoms with Crippen molar-refractivity contribution in [1.29, 1.82) is 0 Å². The second kappa shape index (κ2) is 4.48. The van der Waals surface area contributed by atoms with Gasteiger partial charge in [0.05, 0.1) is 5.92 Å². The summed E-state index contributed by atoms with van der Waals surface area (Å²) in [5.74, 6) is -2.53. The zero-order valence-corrected chi connectivity index (χ0v) is 9.50. The van der Waals surface area contributed by atoms with Crippen LogP contribution in [0, 0.1) is 5.92 Å². The normalized spacial score (nSPS) is 19.0. The number of benzene rings is 1. The number of hydrogen-bond acceptors (Lipinski definition) is 3. The SMILES string of the molecule is NC(=O)c1cccc(N2CC(C(=O)O)CC2=O)c1. The van der Waals surface area contributed by atoms with Gasteiger partial charge in [-0.1, -0.05) is 6.07 Å². The van der Waals surface area contributed by atoms with Crippen molar-refractivity contribution < 1.29 is 19.5 Å². The summed E-state index contributed by atoms with van der Waals surface area (Å²) in [5.41, 5.74) is 5.95. The number of nitrogens with two attached hydrogens (primary N) is 1. The second-order valence-corrected chi connectivity index (χ2v) is 4.16. The van der Waals surface area contributed by atoms with Crippen molar-refractivity contribution in [2.45, 2.75) is 6.42 Å². The molecule has 1 fully saturated rings. The molecular weight excluding hydrogens is 236 g/mol. The number of aliphatic carboxylic acids is 1. The van der Waals surface area contributed by atoms with E-state index in [-0.39, 0.29) is 18.9 Å². The van der Waals surface area contributed by atoms with Crippen molar-refractivity contribution in [1.82, 2.24) is 0 Å². The van der Waals surface area contributed by atoms with Gasteiger partial charge in [0, 0.05) is 24.2 Å². The van der Waals surface area contributed by atoms with Gasteiger partial charge in [-0.05, 0) is 18.2 Å². The molecule has 1 unspecified atom stereocenters. The molecule has 1 aromatic rings. The molecule has 18 heavy (non-hydrogen) atoms. The zero-order chi connectivity index (χ0) is 13.3. The molecule has 1 aliphatic heterocycles. The fourth-order valence-corrected chi connectivity index (χ4v) is 1.95. The average molecular weight is 248 g/mol. The molecule has 1 aromatic carbocycles. The number of primary amides is 1. The number of anilines is 1. The van der Waals surface area contributed by atoms with Crippen LogP contribution in [0.25, 0.3) is 0 Å². The average Bonchev–Trinajstić information content (AvgIpc) is 2.72. The molecule has 3 N–H and O–H groups in total. The van der Waals surface area contributed by atoms with Crippen molar-refractivity contribution in [2.24, 2.45) is 11.7 Å². The first-order valence-corrected chi connectivity index (χ1v) is 5.42. The zero-order valence-electron chi connectivity index (χ0n) is 9.50. The van der Waals surface area contributed by atoms with E-state index in [1.807, 2.05) is 0 Å². The number of carbonyl (C=O) groups excluding carboxylic acids is 2. The van der Waals surface area contributed by atoms with E-state index < -0.39 is 17.8 Å². The number of amides is 2. The Morgan fingerprint density at radius 1 is 1.39 bits per heavy atom. The van der Waals surface area contributed by atoms with Crippen LogP contribution >= 0.6 is 0 Å². The van der Waals surface area contributed by atoms with Crippen molar-refractivity contribution in [3.05, 3.63) is 29.8 Å². The molecule has 2 rings (SSSR count). The second-order valence-electron chi connectivity index (χ2n) is 4.16. The highest BCUT2D eigenvalue weighted by molar-refractivity contribution is 6.00. The molecule has 0 spiro atoms. The summed E-state index contributed by atoms with van der Waals surface area (Å²) in [5, 5.41) is 8.89. The lowest BCUT2D eigenvalue weighted by Gasteiger charge is -2.16. The van der Waals surface area contributed by atoms with Crippen LogP contribution in [0.1, 0.15) is 16.8 Å². The summed E-state index contributed by atoms with van der Waals surface area (Å²) < 4.78 is 0. The van der Waals surface area contributed by atoms with E-state index in [1.54, 1.807) is 18.2 Å². The van der Waals surface area contributed by atoms with Gasteiger partial charge in [-0.2, -0.15) is 0 Å². The van der Waals surface area contributed by atoms with Gasteiger partial charge >= 0.3 is 5.97 Å². The standard InChI is InChI=1S/C12H12N2O4/c13-11(16)7-2-1-3-9(4-7)14-6-8(12(17)18)5-10(14)15/h1-4,8H,5-6H2,(H2,13,16)(H,17,18). The largest absolute Gasteiger partial charge is 0.481 e. The van der Waals surface area contributed by atoms with Gasteiger partial charge in [-0.25, -0.2) is 0 Å². The molecule has 2 amide bonds. The quantitative estimate of drug-likeness (QED) is 0.799. The third kappa shape index (κ3) is 2.17. The molecule has 1 saturated heterocycles. The molecule has 94 valence electrons. The van der Waals surface area contributed by atoms with Crippen LogP contribution in [0.4, 0.5) is 5.69 Å². The number of rotatable bonds is 3. The van der Waals surface area contributed by atoms with Crippen molar-refractivity contribution in [3.8, 4) is 0 Å². The highest BCUT2D eigenvalue weighted by Gasteiger charge is 2.35. The topological polar surface area (TPSA) is 101 Å². The van der Waals surface area contributed by atoms with Crippen LogP contribution in [-0.2, 0) is 9.59 Å². The van der Waals surface area contributed by atoms with Gasteiger partial charge in [-0.3, -0.25) is 14.4 Å². The monoisotopic (exact) mass is 248 g/mol. The minimum atomic E-state index is -0.989. The Hall–Kier alpha value is -2.37. The van der Waals surface area contributed by atoms with Crippen LogP contribution < -0.4 is 10.6 Å². The smallest absolute Gasteiger partial charge is 0.308 e. The van der Waals surface area contributed by atoms with E-state index in [0.29, 0.717) is 11.3 Å². The van der Waals surface area contributed by atoms with E-state index in [1.165, 1.54) is 11.0 Å². The van der Waals surface area contributed by atoms with Crippen LogP contribution in [0.3, 0.4) is 0 Å². The fraction of sp³-hybridized carbons (Fsp3) is 0.250. The molecule has 6 heteroatoms. The molecule has 0 aliphatic carbocycles. The maximum absolute atomic E-state index is 11.7. The van der Waals surface area contributed by atoms with Crippen LogP contribution in [0.15, 0.2) is 24.3 Å². The van der Waals surface area contributed by atoms with Gasteiger partial charge in [0.25, 0.3) is 0 Å². The van der Waals surface area contributed by atoms with Crippen molar-refractivity contribution in [3.63, 3.8) is 0 Å². The first-order valence-electron chi connectivity index (χ1n) is 5.42. The predicted octanol–water partition coefficient (Wildman–Crippen LogP) is 0.223. The summed E-state index contributed by atoms with van der Waals surface area (Å²) in [4.78, 5) is 35.0. The van der Waals surface area contributed by atoms with Gasteiger partial charge in [0.1, 0.15) is 0 Å². The first kappa shape index (κ1) is 12.1. The van der Waals surface area contributed by atoms with Gasteiger partial charge < -0.3 is 15.7 Å². The Bertz CT molecular complexity index is 527. The number of carbonyl (C=O) groups is 3. The molecule has 6 nitrogen and oxygen atoms in total. The Kier molecular flexibility index (Phi) is 3.01. The number of carboxylic acid groups (broad SMARTS) is 1. The van der Waals surface area contributed by atoms with Crippen molar-refractivity contribution in [2.75, 3.05) is 11.4 Å². The van der Waals surface area contributed by atoms with Crippen LogP contribution in [0.2, 0.25) is 0 Å². The Labute approximate surface area is 103 Å². The maximum Gasteiger partial charge on any atom is 0.308 e. The summed E-state index contributed by atoms with van der Waals surface area (Å²) in [7, 11) is 0. The summed E-state index contributed by atoms with van der Waals surface area (Å²) in [6.45, 7) is 0.121. The molecule has 1 aliphatic rings. The molecule has 0 aromatic heterocycles. The van der Waals surface area contributed by atoms with Crippen LogP contribution in [-0.4, -0.2) is 29.4 Å². The molecule has 1 atom stereocenters. The van der Waals surface area contributed by atoms with E-state index >= 15 is 0 Å². The third-order valence-corrected chi connectivity index (χ3v) is 2.92. The lowest BCUT2D eigenvalue weighted by molar-refractivity contribution is -0.141. The number of nitrogens with zero attached hydrogens (tertiary/aromatic N) is 1. The van der Waals surface area contributed by atoms with Crippen molar-refractivity contribution >= 4 is 23.5 Å². The van der Waals surface area contributed by atoms with Gasteiger partial charge in [0.15, 0.2) is 0 Å². The Balaban J connectivity index is 2.27. The number of hydrogen-bond donors (Lipinski definition) is 2. The van der Waals surface area contributed by atoms with E-state index in [0.717, 1.165) is 0 Å². The van der Waals surface area contributed by atoms with Crippen LogP contribution in [0.5, 0.6) is 0 Å². The Morgan fingerprint density at radius 2 is 2.11 bits per heavy atom. The molecule has 1 heterocycles. The summed E-state index contributed by atoms with van der Waals surface area (Å²) in [6.07, 6.45) is -0.0177. The molecule has 0 saturated carbocycles. The minimum absolute atomic E-state index is 0.0177.